The number of rotatable bonds is 3. The summed E-state index contributed by atoms with van der Waals surface area (Å²) in [7, 11) is 2.10. The second-order valence-electron chi connectivity index (χ2n) is 6.79. The summed E-state index contributed by atoms with van der Waals surface area (Å²) >= 11 is 1.44. The van der Waals surface area contributed by atoms with Crippen LogP contribution in [0.15, 0.2) is 29.1 Å². The molecule has 1 fully saturated rings. The lowest BCUT2D eigenvalue weighted by molar-refractivity contribution is -0.135. The number of likely N-dealkylation sites (N-methyl/N-ethyl adjacent to an activating group) is 1. The Balaban J connectivity index is 1.67. The van der Waals surface area contributed by atoms with E-state index in [4.69, 9.17) is 0 Å². The van der Waals surface area contributed by atoms with Crippen LogP contribution >= 0.6 is 11.5 Å². The molecule has 1 aromatic heterocycles. The number of nitrogens with zero attached hydrogens (tertiary/aromatic N) is 3. The van der Waals surface area contributed by atoms with E-state index in [0.29, 0.717) is 13.0 Å². The van der Waals surface area contributed by atoms with Crippen molar-refractivity contribution in [2.75, 3.05) is 26.7 Å². The SMILES string of the molecule is CN1CCN(C(=O)CCn2sc3ccccc3c2=O)CC1(C)C. The van der Waals surface area contributed by atoms with Gasteiger partial charge in [-0.1, -0.05) is 23.7 Å². The zero-order valence-electron chi connectivity index (χ0n) is 13.9. The first-order valence-corrected chi connectivity index (χ1v) is 8.74. The number of fused-ring (bicyclic) bond motifs is 1. The minimum absolute atomic E-state index is 0.00234. The van der Waals surface area contributed by atoms with E-state index in [1.807, 2.05) is 29.2 Å². The molecule has 0 aliphatic carbocycles. The van der Waals surface area contributed by atoms with Gasteiger partial charge < -0.3 is 4.90 Å². The van der Waals surface area contributed by atoms with Crippen molar-refractivity contribution in [3.05, 3.63) is 34.6 Å². The molecule has 0 atom stereocenters. The molecule has 1 amide bonds. The van der Waals surface area contributed by atoms with Crippen LogP contribution in [0, 0.1) is 0 Å². The maximum absolute atomic E-state index is 12.5. The Morgan fingerprint density at radius 1 is 1.26 bits per heavy atom. The Morgan fingerprint density at radius 2 is 2.00 bits per heavy atom. The largest absolute Gasteiger partial charge is 0.340 e. The predicted octanol–water partition coefficient (Wildman–Crippen LogP) is 2.01. The van der Waals surface area contributed by atoms with Gasteiger partial charge in [-0.05, 0) is 33.0 Å². The summed E-state index contributed by atoms with van der Waals surface area (Å²) in [5, 5.41) is 0.741. The van der Waals surface area contributed by atoms with Crippen molar-refractivity contribution in [1.82, 2.24) is 13.8 Å². The maximum atomic E-state index is 12.5. The minimum atomic E-state index is 0.00234. The molecule has 0 saturated carbocycles. The van der Waals surface area contributed by atoms with Crippen LogP contribution in [0.2, 0.25) is 0 Å². The van der Waals surface area contributed by atoms with E-state index in [1.54, 1.807) is 3.96 Å². The summed E-state index contributed by atoms with van der Waals surface area (Å²) in [6.07, 6.45) is 0.381. The lowest BCUT2D eigenvalue weighted by Crippen LogP contribution is -2.58. The van der Waals surface area contributed by atoms with Crippen molar-refractivity contribution in [1.29, 1.82) is 0 Å². The molecular weight excluding hydrogens is 310 g/mol. The van der Waals surface area contributed by atoms with E-state index >= 15 is 0 Å². The van der Waals surface area contributed by atoms with Crippen LogP contribution in [0.25, 0.3) is 10.1 Å². The zero-order chi connectivity index (χ0) is 16.6. The van der Waals surface area contributed by atoms with Gasteiger partial charge in [-0.3, -0.25) is 18.4 Å². The Hall–Kier alpha value is -1.66. The number of hydrogen-bond acceptors (Lipinski definition) is 4. The number of aryl methyl sites for hydroxylation is 1. The van der Waals surface area contributed by atoms with Gasteiger partial charge in [0.15, 0.2) is 0 Å². The van der Waals surface area contributed by atoms with Crippen LogP contribution in [0.3, 0.4) is 0 Å². The van der Waals surface area contributed by atoms with Gasteiger partial charge in [-0.15, -0.1) is 0 Å². The Morgan fingerprint density at radius 3 is 2.70 bits per heavy atom. The summed E-state index contributed by atoms with van der Waals surface area (Å²) in [6, 6.07) is 7.59. The van der Waals surface area contributed by atoms with Crippen LogP contribution in [0.4, 0.5) is 0 Å². The lowest BCUT2D eigenvalue weighted by Gasteiger charge is -2.45. The fourth-order valence-electron chi connectivity index (χ4n) is 2.97. The first kappa shape index (κ1) is 16.2. The maximum Gasteiger partial charge on any atom is 0.268 e. The summed E-state index contributed by atoms with van der Waals surface area (Å²) in [5.41, 5.74) is 0.0136. The van der Waals surface area contributed by atoms with Crippen LogP contribution < -0.4 is 5.56 Å². The number of hydrogen-bond donors (Lipinski definition) is 0. The highest BCUT2D eigenvalue weighted by Gasteiger charge is 2.32. The number of benzene rings is 1. The average molecular weight is 333 g/mol. The molecule has 5 nitrogen and oxygen atoms in total. The second-order valence-corrected chi connectivity index (χ2v) is 7.86. The summed E-state index contributed by atoms with van der Waals surface area (Å²) in [4.78, 5) is 29.0. The minimum Gasteiger partial charge on any atom is -0.340 e. The van der Waals surface area contributed by atoms with Gasteiger partial charge in [0.25, 0.3) is 5.56 Å². The van der Waals surface area contributed by atoms with E-state index < -0.39 is 0 Å². The van der Waals surface area contributed by atoms with Crippen molar-refractivity contribution in [2.24, 2.45) is 0 Å². The number of aromatic nitrogens is 1. The van der Waals surface area contributed by atoms with Crippen molar-refractivity contribution in [3.63, 3.8) is 0 Å². The van der Waals surface area contributed by atoms with Crippen LogP contribution in [0.5, 0.6) is 0 Å². The van der Waals surface area contributed by atoms with Gasteiger partial charge in [0, 0.05) is 38.1 Å². The standard InChI is InChI=1S/C17H23N3O2S/c1-17(2)12-19(11-10-18(17)3)15(21)8-9-20-16(22)13-6-4-5-7-14(13)23-20/h4-7H,8-12H2,1-3H3. The quantitative estimate of drug-likeness (QED) is 0.863. The molecule has 1 aromatic carbocycles. The monoisotopic (exact) mass is 333 g/mol. The smallest absolute Gasteiger partial charge is 0.268 e. The highest BCUT2D eigenvalue weighted by atomic mass is 32.1. The van der Waals surface area contributed by atoms with Gasteiger partial charge in [-0.25, -0.2) is 0 Å². The van der Waals surface area contributed by atoms with E-state index in [-0.39, 0.29) is 17.0 Å². The van der Waals surface area contributed by atoms with Crippen molar-refractivity contribution in [3.8, 4) is 0 Å². The Bertz CT molecular complexity index is 777. The van der Waals surface area contributed by atoms with E-state index in [0.717, 1.165) is 29.7 Å². The molecule has 2 aromatic rings. The molecule has 6 heteroatoms. The number of piperazine rings is 1. The molecule has 1 aliphatic rings. The highest BCUT2D eigenvalue weighted by Crippen LogP contribution is 2.20. The topological polar surface area (TPSA) is 45.5 Å². The molecular formula is C17H23N3O2S. The van der Waals surface area contributed by atoms with Gasteiger partial charge in [0.05, 0.1) is 10.1 Å². The molecule has 2 heterocycles. The molecule has 0 unspecified atom stereocenters. The van der Waals surface area contributed by atoms with Crippen molar-refractivity contribution < 1.29 is 4.79 Å². The number of amides is 1. The van der Waals surface area contributed by atoms with Gasteiger partial charge in [0.1, 0.15) is 0 Å². The molecule has 1 aliphatic heterocycles. The summed E-state index contributed by atoms with van der Waals surface area (Å²) in [5.74, 6) is 0.135. The molecule has 23 heavy (non-hydrogen) atoms. The van der Waals surface area contributed by atoms with E-state index in [1.165, 1.54) is 11.5 Å². The predicted molar refractivity (Wildman–Crippen MR) is 94.0 cm³/mol. The van der Waals surface area contributed by atoms with Crippen LogP contribution in [-0.4, -0.2) is 51.9 Å². The first-order valence-electron chi connectivity index (χ1n) is 7.96. The normalized spacial score (nSPS) is 18.5. The number of carbonyl (C=O) groups excluding carboxylic acids is 1. The second kappa shape index (κ2) is 6.09. The van der Waals surface area contributed by atoms with E-state index in [9.17, 15) is 9.59 Å². The summed E-state index contributed by atoms with van der Waals surface area (Å²) < 4.78 is 2.68. The molecule has 124 valence electrons. The average Bonchev–Trinajstić information content (AvgIpc) is 2.84. The Kier molecular flexibility index (Phi) is 4.29. The van der Waals surface area contributed by atoms with Gasteiger partial charge in [0.2, 0.25) is 5.91 Å². The fraction of sp³-hybridized carbons (Fsp3) is 0.529. The lowest BCUT2D eigenvalue weighted by atomic mass is 9.99. The molecule has 0 bridgehead atoms. The van der Waals surface area contributed by atoms with E-state index in [2.05, 4.69) is 25.8 Å². The van der Waals surface area contributed by atoms with Crippen LogP contribution in [0.1, 0.15) is 20.3 Å². The summed E-state index contributed by atoms with van der Waals surface area (Å²) in [6.45, 7) is 7.17. The van der Waals surface area contributed by atoms with Crippen molar-refractivity contribution >= 4 is 27.5 Å². The fourth-order valence-corrected chi connectivity index (χ4v) is 3.97. The van der Waals surface area contributed by atoms with Crippen LogP contribution in [-0.2, 0) is 11.3 Å². The third-order valence-corrected chi connectivity index (χ3v) is 5.87. The molecule has 0 spiro atoms. The highest BCUT2D eigenvalue weighted by molar-refractivity contribution is 7.13. The van der Waals surface area contributed by atoms with Gasteiger partial charge in [-0.2, -0.15) is 0 Å². The van der Waals surface area contributed by atoms with Gasteiger partial charge >= 0.3 is 0 Å². The molecule has 1 saturated heterocycles. The molecule has 3 rings (SSSR count). The third-order valence-electron chi connectivity index (χ3n) is 4.75. The first-order chi connectivity index (χ1) is 10.9. The number of carbonyl (C=O) groups is 1. The zero-order valence-corrected chi connectivity index (χ0v) is 14.7. The third kappa shape index (κ3) is 3.19. The Labute approximate surface area is 140 Å². The molecule has 0 radical (unpaired) electrons. The molecule has 0 N–H and O–H groups in total. The van der Waals surface area contributed by atoms with Crippen molar-refractivity contribution in [2.45, 2.75) is 32.4 Å².